The highest BCUT2D eigenvalue weighted by molar-refractivity contribution is 7.14. The van der Waals surface area contributed by atoms with Gasteiger partial charge in [0.15, 0.2) is 0 Å². The van der Waals surface area contributed by atoms with Gasteiger partial charge in [-0.3, -0.25) is 4.76 Å². The first kappa shape index (κ1) is 10.0. The van der Waals surface area contributed by atoms with E-state index < -0.39 is 0 Å². The highest BCUT2D eigenvalue weighted by atomic mass is 31.0. The summed E-state index contributed by atoms with van der Waals surface area (Å²) in [4.78, 5) is 0. The Labute approximate surface area is 80.3 Å². The van der Waals surface area contributed by atoms with Gasteiger partial charge in [0.05, 0.1) is 6.54 Å². The van der Waals surface area contributed by atoms with E-state index in [1.54, 1.807) is 0 Å². The number of aryl methyl sites for hydroxylation is 1. The molecule has 1 atom stereocenters. The fraction of sp³-hybridized carbons (Fsp3) is 0.222. The number of nitrogens with zero attached hydrogens (tertiary/aromatic N) is 2. The van der Waals surface area contributed by atoms with Gasteiger partial charge in [-0.1, -0.05) is 12.6 Å². The summed E-state index contributed by atoms with van der Waals surface area (Å²) in [5, 5.41) is 0. The van der Waals surface area contributed by atoms with Gasteiger partial charge in [-0.2, -0.15) is 0 Å². The molecular formula is C9H14N3P. The maximum atomic E-state index is 5.55. The predicted octanol–water partition coefficient (Wildman–Crippen LogP) is 0.960. The number of nitrogens with two attached hydrogens (primary N) is 1. The van der Waals surface area contributed by atoms with Gasteiger partial charge < -0.3 is 10.3 Å². The summed E-state index contributed by atoms with van der Waals surface area (Å²) in [6.07, 6.45) is 0. The number of allylic oxidation sites excluding steroid dienone is 1. The lowest BCUT2D eigenvalue weighted by Crippen LogP contribution is -2.24. The molecule has 0 saturated carbocycles. The van der Waals surface area contributed by atoms with Crippen LogP contribution < -0.4 is 11.2 Å². The van der Waals surface area contributed by atoms with Gasteiger partial charge >= 0.3 is 0 Å². The lowest BCUT2D eigenvalue weighted by Gasteiger charge is -2.10. The molecule has 13 heavy (non-hydrogen) atoms. The Morgan fingerprint density at radius 1 is 1.69 bits per heavy atom. The van der Waals surface area contributed by atoms with Crippen LogP contribution in [0.3, 0.4) is 0 Å². The van der Waals surface area contributed by atoms with E-state index in [0.717, 1.165) is 11.2 Å². The van der Waals surface area contributed by atoms with Crippen molar-refractivity contribution >= 4 is 9.39 Å². The van der Waals surface area contributed by atoms with Crippen molar-refractivity contribution in [1.82, 2.24) is 4.57 Å². The first-order valence-electron chi connectivity index (χ1n) is 3.99. The van der Waals surface area contributed by atoms with E-state index in [0.29, 0.717) is 12.2 Å². The Kier molecular flexibility index (Phi) is 3.26. The van der Waals surface area contributed by atoms with Crippen LogP contribution in [0.4, 0.5) is 0 Å². The van der Waals surface area contributed by atoms with Crippen molar-refractivity contribution in [3.05, 3.63) is 41.7 Å². The standard InChI is InChI=1S/C9H14N3P/c1-7(10)6-12-8(2)4-3-5-9(12)11-13/h3-5H,1,6,10,13H2,2H3/b11-9+. The summed E-state index contributed by atoms with van der Waals surface area (Å²) < 4.78 is 6.08. The van der Waals surface area contributed by atoms with Gasteiger partial charge in [-0.25, -0.2) is 0 Å². The monoisotopic (exact) mass is 195 g/mol. The van der Waals surface area contributed by atoms with Gasteiger partial charge in [0.1, 0.15) is 5.49 Å². The van der Waals surface area contributed by atoms with Crippen molar-refractivity contribution in [2.45, 2.75) is 13.5 Å². The second-order valence-corrected chi connectivity index (χ2v) is 3.16. The Bertz CT molecular complexity index is 379. The van der Waals surface area contributed by atoms with Crippen molar-refractivity contribution in [1.29, 1.82) is 0 Å². The minimum Gasteiger partial charge on any atom is -0.401 e. The van der Waals surface area contributed by atoms with Crippen LogP contribution in [0, 0.1) is 6.92 Å². The predicted molar refractivity (Wildman–Crippen MR) is 57.8 cm³/mol. The van der Waals surface area contributed by atoms with Crippen LogP contribution >= 0.6 is 9.39 Å². The van der Waals surface area contributed by atoms with Crippen molar-refractivity contribution in [3.63, 3.8) is 0 Å². The van der Waals surface area contributed by atoms with Crippen molar-refractivity contribution in [2.75, 3.05) is 0 Å². The van der Waals surface area contributed by atoms with Crippen LogP contribution in [0.15, 0.2) is 35.2 Å². The van der Waals surface area contributed by atoms with Crippen LogP contribution in [-0.2, 0) is 6.54 Å². The Balaban J connectivity index is 3.24. The summed E-state index contributed by atoms with van der Waals surface area (Å²) >= 11 is 0. The molecule has 1 heterocycles. The molecule has 0 fully saturated rings. The number of rotatable bonds is 2. The van der Waals surface area contributed by atoms with E-state index in [4.69, 9.17) is 5.73 Å². The number of hydrogen-bond acceptors (Lipinski definition) is 2. The zero-order chi connectivity index (χ0) is 9.84. The second kappa shape index (κ2) is 4.24. The van der Waals surface area contributed by atoms with Gasteiger partial charge in [0, 0.05) is 11.4 Å². The third-order valence-corrected chi connectivity index (χ3v) is 2.04. The Morgan fingerprint density at radius 2 is 2.38 bits per heavy atom. The molecule has 2 N–H and O–H groups in total. The number of pyridine rings is 1. The molecule has 1 unspecified atom stereocenters. The summed E-state index contributed by atoms with van der Waals surface area (Å²) in [6.45, 7) is 6.30. The van der Waals surface area contributed by atoms with E-state index in [2.05, 4.69) is 20.7 Å². The van der Waals surface area contributed by atoms with E-state index in [9.17, 15) is 0 Å². The molecule has 0 saturated heterocycles. The third-order valence-electron chi connectivity index (χ3n) is 1.78. The largest absolute Gasteiger partial charge is 0.401 e. The minimum absolute atomic E-state index is 0.611. The average Bonchev–Trinajstić information content (AvgIpc) is 2.08. The molecular weight excluding hydrogens is 181 g/mol. The molecule has 1 aromatic heterocycles. The number of aromatic nitrogens is 1. The van der Waals surface area contributed by atoms with Crippen LogP contribution in [-0.4, -0.2) is 4.57 Å². The number of hydrogen-bond donors (Lipinski definition) is 1. The van der Waals surface area contributed by atoms with E-state index in [1.807, 2.05) is 29.7 Å². The molecule has 0 aliphatic heterocycles. The second-order valence-electron chi connectivity index (χ2n) is 2.90. The van der Waals surface area contributed by atoms with E-state index in [-0.39, 0.29) is 0 Å². The third kappa shape index (κ3) is 2.43. The average molecular weight is 195 g/mol. The molecule has 0 aliphatic carbocycles. The van der Waals surface area contributed by atoms with Crippen molar-refractivity contribution in [3.8, 4) is 0 Å². The van der Waals surface area contributed by atoms with Gasteiger partial charge in [0.2, 0.25) is 0 Å². The van der Waals surface area contributed by atoms with Gasteiger partial charge in [-0.15, -0.1) is 0 Å². The summed E-state index contributed by atoms with van der Waals surface area (Å²) in [5.41, 5.74) is 8.19. The zero-order valence-electron chi connectivity index (χ0n) is 7.70. The van der Waals surface area contributed by atoms with Crippen molar-refractivity contribution < 1.29 is 0 Å². The lowest BCUT2D eigenvalue weighted by atomic mass is 10.3. The highest BCUT2D eigenvalue weighted by Crippen LogP contribution is 1.96. The summed E-state index contributed by atoms with van der Waals surface area (Å²) in [6, 6.07) is 5.92. The fourth-order valence-corrected chi connectivity index (χ4v) is 1.38. The molecule has 4 heteroatoms. The fourth-order valence-electron chi connectivity index (χ4n) is 1.16. The molecule has 70 valence electrons. The first-order valence-corrected chi connectivity index (χ1v) is 4.50. The molecule has 0 amide bonds. The Hall–Kier alpha value is -1.08. The molecule has 1 rings (SSSR count). The van der Waals surface area contributed by atoms with Crippen LogP contribution in [0.1, 0.15) is 5.69 Å². The SMILES string of the molecule is C=C(N)Cn1c(C)ccc/c1=N\P. The molecule has 0 aromatic carbocycles. The normalized spacial score (nSPS) is 11.7. The summed E-state index contributed by atoms with van der Waals surface area (Å²) in [5.74, 6) is 0. The van der Waals surface area contributed by atoms with Crippen molar-refractivity contribution in [2.24, 2.45) is 10.5 Å². The van der Waals surface area contributed by atoms with Gasteiger partial charge in [-0.05, 0) is 28.4 Å². The molecule has 3 nitrogen and oxygen atoms in total. The highest BCUT2D eigenvalue weighted by Gasteiger charge is 1.96. The molecule has 1 aromatic rings. The minimum atomic E-state index is 0.611. The zero-order valence-corrected chi connectivity index (χ0v) is 8.85. The topological polar surface area (TPSA) is 43.3 Å². The lowest BCUT2D eigenvalue weighted by molar-refractivity contribution is 0.705. The van der Waals surface area contributed by atoms with Crippen LogP contribution in [0.2, 0.25) is 0 Å². The summed E-state index contributed by atoms with van der Waals surface area (Å²) in [7, 11) is 2.35. The Morgan fingerprint density at radius 3 is 2.92 bits per heavy atom. The maximum absolute atomic E-state index is 5.55. The van der Waals surface area contributed by atoms with E-state index in [1.165, 1.54) is 0 Å². The molecule has 0 spiro atoms. The van der Waals surface area contributed by atoms with Gasteiger partial charge in [0.25, 0.3) is 0 Å². The maximum Gasteiger partial charge on any atom is 0.131 e. The smallest absolute Gasteiger partial charge is 0.131 e. The molecule has 0 radical (unpaired) electrons. The van der Waals surface area contributed by atoms with Crippen LogP contribution in [0.25, 0.3) is 0 Å². The first-order chi connectivity index (χ1) is 6.15. The van der Waals surface area contributed by atoms with E-state index >= 15 is 0 Å². The molecule has 0 bridgehead atoms. The van der Waals surface area contributed by atoms with Crippen LogP contribution in [0.5, 0.6) is 0 Å². The quantitative estimate of drug-likeness (QED) is 0.702. The molecule has 0 aliphatic rings.